The van der Waals surface area contributed by atoms with Crippen LogP contribution in [0.25, 0.3) is 21.8 Å². The minimum atomic E-state index is -0.523. The summed E-state index contributed by atoms with van der Waals surface area (Å²) in [7, 11) is 0. The van der Waals surface area contributed by atoms with Gasteiger partial charge < -0.3 is 9.97 Å². The molecule has 0 bridgehead atoms. The van der Waals surface area contributed by atoms with Gasteiger partial charge in [-0.2, -0.15) is 10.2 Å². The fraction of sp³-hybridized carbons (Fsp3) is 0. The molecule has 7 nitrogen and oxygen atoms in total. The quantitative estimate of drug-likeness (QED) is 0.331. The summed E-state index contributed by atoms with van der Waals surface area (Å²) >= 11 is 0. The fourth-order valence-electron chi connectivity index (χ4n) is 2.68. The Kier molecular flexibility index (Phi) is 4.17. The van der Waals surface area contributed by atoms with Gasteiger partial charge in [-0.3, -0.25) is 0 Å². The molecule has 128 valence electrons. The highest BCUT2D eigenvalue weighted by atomic mass is 16.2. The van der Waals surface area contributed by atoms with Crippen molar-refractivity contribution in [1.29, 1.82) is 0 Å². The Balaban J connectivity index is 1.32. The standard InChI is InChI=1S/C19H16N6O/c26-19(24-20-11-15-9-13-5-1-3-7-17(13)22-15)25-21-12-16-10-14-6-2-4-8-18(14)23-16/h1-12,22-23H,(H2,24,25,26)/b20-11+,21-12+. The number of carbonyl (C=O) groups excluding carboxylic acids is 1. The van der Waals surface area contributed by atoms with E-state index in [0.717, 1.165) is 33.2 Å². The average molecular weight is 344 g/mol. The van der Waals surface area contributed by atoms with Crippen molar-refractivity contribution in [3.63, 3.8) is 0 Å². The summed E-state index contributed by atoms with van der Waals surface area (Å²) in [6, 6.07) is 19.2. The van der Waals surface area contributed by atoms with Crippen molar-refractivity contribution < 1.29 is 4.79 Å². The van der Waals surface area contributed by atoms with Crippen LogP contribution < -0.4 is 10.9 Å². The highest BCUT2D eigenvalue weighted by Crippen LogP contribution is 2.13. The number of nitrogens with one attached hydrogen (secondary N) is 4. The maximum Gasteiger partial charge on any atom is 0.355 e. The predicted molar refractivity (Wildman–Crippen MR) is 103 cm³/mol. The predicted octanol–water partition coefficient (Wildman–Crippen LogP) is 3.32. The second-order valence-electron chi connectivity index (χ2n) is 5.69. The molecule has 2 aromatic heterocycles. The van der Waals surface area contributed by atoms with E-state index in [1.54, 1.807) is 12.4 Å². The minimum absolute atomic E-state index is 0.523. The largest absolute Gasteiger partial charge is 0.355 e. The summed E-state index contributed by atoms with van der Waals surface area (Å²) in [5.41, 5.74) is 8.36. The van der Waals surface area contributed by atoms with Gasteiger partial charge in [0.15, 0.2) is 0 Å². The number of carbonyl (C=O) groups is 1. The molecule has 0 aliphatic carbocycles. The number of para-hydroxylation sites is 2. The van der Waals surface area contributed by atoms with E-state index in [1.165, 1.54) is 0 Å². The summed E-state index contributed by atoms with van der Waals surface area (Å²) in [4.78, 5) is 18.1. The molecule has 4 N–H and O–H groups in total. The van der Waals surface area contributed by atoms with Gasteiger partial charge in [0, 0.05) is 21.8 Å². The molecule has 0 saturated carbocycles. The topological polar surface area (TPSA) is 97.4 Å². The molecule has 2 amide bonds. The third-order valence-corrected chi connectivity index (χ3v) is 3.84. The van der Waals surface area contributed by atoms with Crippen LogP contribution in [-0.2, 0) is 0 Å². The molecule has 0 radical (unpaired) electrons. The number of rotatable bonds is 4. The highest BCUT2D eigenvalue weighted by Gasteiger charge is 1.99. The zero-order chi connectivity index (χ0) is 17.8. The lowest BCUT2D eigenvalue weighted by molar-refractivity contribution is 0.242. The molecule has 4 aromatic rings. The van der Waals surface area contributed by atoms with E-state index in [4.69, 9.17) is 0 Å². The molecule has 0 atom stereocenters. The number of benzene rings is 2. The van der Waals surface area contributed by atoms with E-state index in [-0.39, 0.29) is 0 Å². The smallest absolute Gasteiger partial charge is 0.354 e. The third-order valence-electron chi connectivity index (χ3n) is 3.84. The highest BCUT2D eigenvalue weighted by molar-refractivity contribution is 5.91. The lowest BCUT2D eigenvalue weighted by Gasteiger charge is -1.96. The zero-order valence-electron chi connectivity index (χ0n) is 13.7. The van der Waals surface area contributed by atoms with E-state index in [1.807, 2.05) is 60.7 Å². The van der Waals surface area contributed by atoms with Crippen LogP contribution in [-0.4, -0.2) is 28.4 Å². The summed E-state index contributed by atoms with van der Waals surface area (Å²) in [5, 5.41) is 9.96. The number of hydrogen-bond acceptors (Lipinski definition) is 3. The van der Waals surface area contributed by atoms with E-state index in [2.05, 4.69) is 31.0 Å². The number of aromatic nitrogens is 2. The SMILES string of the molecule is O=C(N/N=C/c1cc2ccccc2[nH]1)N/N=C/c1cc2ccccc2[nH]1. The molecule has 0 aliphatic heterocycles. The maximum atomic E-state index is 11.7. The summed E-state index contributed by atoms with van der Waals surface area (Å²) < 4.78 is 0. The van der Waals surface area contributed by atoms with Crippen LogP contribution in [0.2, 0.25) is 0 Å². The van der Waals surface area contributed by atoms with Crippen LogP contribution in [0, 0.1) is 0 Å². The molecule has 7 heteroatoms. The van der Waals surface area contributed by atoms with Gasteiger partial charge in [-0.15, -0.1) is 0 Å². The number of urea groups is 1. The molecule has 0 spiro atoms. The van der Waals surface area contributed by atoms with Crippen molar-refractivity contribution in [2.45, 2.75) is 0 Å². The van der Waals surface area contributed by atoms with Crippen LogP contribution in [0.15, 0.2) is 70.9 Å². The maximum absolute atomic E-state index is 11.7. The fourth-order valence-corrected chi connectivity index (χ4v) is 2.68. The van der Waals surface area contributed by atoms with Crippen molar-refractivity contribution >= 4 is 40.3 Å². The second kappa shape index (κ2) is 6.94. The van der Waals surface area contributed by atoms with Gasteiger partial charge in [0.1, 0.15) is 0 Å². The molecule has 26 heavy (non-hydrogen) atoms. The number of fused-ring (bicyclic) bond motifs is 2. The van der Waals surface area contributed by atoms with Crippen molar-refractivity contribution in [3.8, 4) is 0 Å². The average Bonchev–Trinajstić information content (AvgIpc) is 3.24. The van der Waals surface area contributed by atoms with Crippen molar-refractivity contribution in [1.82, 2.24) is 20.8 Å². The molecule has 2 aromatic carbocycles. The third kappa shape index (κ3) is 3.46. The van der Waals surface area contributed by atoms with E-state index in [9.17, 15) is 4.79 Å². The second-order valence-corrected chi connectivity index (χ2v) is 5.69. The number of aromatic amines is 2. The summed E-state index contributed by atoms with van der Waals surface area (Å²) in [6.45, 7) is 0. The number of hydrogen-bond donors (Lipinski definition) is 4. The van der Waals surface area contributed by atoms with Crippen LogP contribution in [0.3, 0.4) is 0 Å². The number of H-pyrrole nitrogens is 2. The van der Waals surface area contributed by atoms with Crippen LogP contribution in [0.1, 0.15) is 11.4 Å². The number of nitrogens with zero attached hydrogens (tertiary/aromatic N) is 2. The zero-order valence-corrected chi connectivity index (χ0v) is 13.7. The Bertz CT molecular complexity index is 967. The molecule has 0 fully saturated rings. The van der Waals surface area contributed by atoms with Gasteiger partial charge >= 0.3 is 6.03 Å². The lowest BCUT2D eigenvalue weighted by atomic mass is 10.2. The summed E-state index contributed by atoms with van der Waals surface area (Å²) in [5.74, 6) is 0. The van der Waals surface area contributed by atoms with Crippen LogP contribution in [0.5, 0.6) is 0 Å². The van der Waals surface area contributed by atoms with Crippen molar-refractivity contribution in [3.05, 3.63) is 72.1 Å². The first-order valence-electron chi connectivity index (χ1n) is 8.05. The van der Waals surface area contributed by atoms with Gasteiger partial charge in [-0.25, -0.2) is 15.6 Å². The minimum Gasteiger partial charge on any atom is -0.354 e. The molecule has 0 aliphatic rings. The molecule has 2 heterocycles. The number of hydrazone groups is 2. The monoisotopic (exact) mass is 344 g/mol. The lowest BCUT2D eigenvalue weighted by Crippen LogP contribution is -2.28. The van der Waals surface area contributed by atoms with Gasteiger partial charge in [0.25, 0.3) is 0 Å². The first kappa shape index (κ1) is 15.6. The Hall–Kier alpha value is -3.87. The molecular formula is C19H16N6O. The van der Waals surface area contributed by atoms with Gasteiger partial charge in [0.05, 0.1) is 23.8 Å². The number of amides is 2. The van der Waals surface area contributed by atoms with E-state index in [0.29, 0.717) is 0 Å². The molecule has 4 rings (SSSR count). The van der Waals surface area contributed by atoms with Crippen molar-refractivity contribution in [2.24, 2.45) is 10.2 Å². The van der Waals surface area contributed by atoms with E-state index < -0.39 is 6.03 Å². The normalized spacial score (nSPS) is 11.7. The van der Waals surface area contributed by atoms with Gasteiger partial charge in [-0.05, 0) is 24.3 Å². The van der Waals surface area contributed by atoms with Crippen LogP contribution in [0.4, 0.5) is 4.79 Å². The van der Waals surface area contributed by atoms with Crippen molar-refractivity contribution in [2.75, 3.05) is 0 Å². The Morgan fingerprint density at radius 1 is 0.769 bits per heavy atom. The first-order valence-corrected chi connectivity index (χ1v) is 8.05. The molecular weight excluding hydrogens is 328 g/mol. The Morgan fingerprint density at radius 3 is 1.69 bits per heavy atom. The Labute approximate surface area is 148 Å². The summed E-state index contributed by atoms with van der Waals surface area (Å²) in [6.07, 6.45) is 3.09. The Morgan fingerprint density at radius 2 is 1.23 bits per heavy atom. The van der Waals surface area contributed by atoms with E-state index >= 15 is 0 Å². The van der Waals surface area contributed by atoms with Crippen LogP contribution >= 0.6 is 0 Å². The van der Waals surface area contributed by atoms with Gasteiger partial charge in [0.2, 0.25) is 0 Å². The van der Waals surface area contributed by atoms with Gasteiger partial charge in [-0.1, -0.05) is 36.4 Å². The molecule has 0 saturated heterocycles. The molecule has 0 unspecified atom stereocenters. The first-order chi connectivity index (χ1) is 12.8.